The summed E-state index contributed by atoms with van der Waals surface area (Å²) in [4.78, 5) is 35.9. The smallest absolute Gasteiger partial charge is 0.338 e. The third-order valence-electron chi connectivity index (χ3n) is 4.76. The standard InChI is InChI=1S/C23H25NO6/c1-15(25)17-5-9-19(10-6-17)24-22(26)16(2)30-23(27)18-7-11-20(12-8-18)29-14-21-4-3-13-28-21/h5-12,16,21H,3-4,13-14H2,1-2H3,(H,24,26)/t16-,21-/m0/s1. The molecule has 0 bridgehead atoms. The van der Waals surface area contributed by atoms with Gasteiger partial charge >= 0.3 is 5.97 Å². The summed E-state index contributed by atoms with van der Waals surface area (Å²) in [5.41, 5.74) is 1.39. The number of hydrogen-bond donors (Lipinski definition) is 1. The maximum absolute atomic E-state index is 12.3. The molecule has 0 aliphatic carbocycles. The second kappa shape index (κ2) is 10.0. The predicted molar refractivity (Wildman–Crippen MR) is 111 cm³/mol. The number of rotatable bonds is 8. The molecule has 2 atom stereocenters. The molecule has 1 saturated heterocycles. The minimum Gasteiger partial charge on any atom is -0.491 e. The summed E-state index contributed by atoms with van der Waals surface area (Å²) >= 11 is 0. The van der Waals surface area contributed by atoms with Crippen LogP contribution in [0.15, 0.2) is 48.5 Å². The highest BCUT2D eigenvalue weighted by Crippen LogP contribution is 2.17. The highest BCUT2D eigenvalue weighted by atomic mass is 16.5. The average molecular weight is 411 g/mol. The number of ether oxygens (including phenoxy) is 3. The summed E-state index contributed by atoms with van der Waals surface area (Å²) in [6.45, 7) is 4.22. The van der Waals surface area contributed by atoms with E-state index in [0.717, 1.165) is 19.4 Å². The molecule has 0 spiro atoms. The third kappa shape index (κ3) is 5.90. The number of hydrogen-bond acceptors (Lipinski definition) is 6. The van der Waals surface area contributed by atoms with Crippen LogP contribution in [0, 0.1) is 0 Å². The Labute approximate surface area is 175 Å². The van der Waals surface area contributed by atoms with E-state index in [0.29, 0.717) is 29.2 Å². The zero-order valence-electron chi connectivity index (χ0n) is 17.1. The van der Waals surface area contributed by atoms with Gasteiger partial charge in [-0.25, -0.2) is 4.79 Å². The van der Waals surface area contributed by atoms with Crippen molar-refractivity contribution in [3.05, 3.63) is 59.7 Å². The van der Waals surface area contributed by atoms with Gasteiger partial charge < -0.3 is 19.5 Å². The fourth-order valence-electron chi connectivity index (χ4n) is 2.97. The molecule has 30 heavy (non-hydrogen) atoms. The van der Waals surface area contributed by atoms with Gasteiger partial charge in [0.2, 0.25) is 0 Å². The van der Waals surface area contributed by atoms with Crippen LogP contribution >= 0.6 is 0 Å². The van der Waals surface area contributed by atoms with Gasteiger partial charge in [-0.05, 0) is 75.2 Å². The van der Waals surface area contributed by atoms with E-state index in [1.165, 1.54) is 13.8 Å². The fraction of sp³-hybridized carbons (Fsp3) is 0.348. The minimum atomic E-state index is -0.986. The Morgan fingerprint density at radius 3 is 2.33 bits per heavy atom. The SMILES string of the molecule is CC(=O)c1ccc(NC(=O)[C@H](C)OC(=O)c2ccc(OC[C@@H]3CCCO3)cc2)cc1. The lowest BCUT2D eigenvalue weighted by Crippen LogP contribution is -2.30. The molecule has 0 radical (unpaired) electrons. The summed E-state index contributed by atoms with van der Waals surface area (Å²) in [6.07, 6.45) is 1.17. The molecule has 1 aliphatic rings. The van der Waals surface area contributed by atoms with Crippen LogP contribution in [0.4, 0.5) is 5.69 Å². The largest absolute Gasteiger partial charge is 0.491 e. The molecule has 0 unspecified atom stereocenters. The molecule has 0 saturated carbocycles. The molecule has 1 N–H and O–H groups in total. The monoisotopic (exact) mass is 411 g/mol. The van der Waals surface area contributed by atoms with E-state index < -0.39 is 18.0 Å². The van der Waals surface area contributed by atoms with Crippen molar-refractivity contribution in [1.82, 2.24) is 0 Å². The van der Waals surface area contributed by atoms with Crippen LogP contribution in [0.3, 0.4) is 0 Å². The number of Topliss-reactive ketones (excluding diaryl/α,β-unsaturated/α-hetero) is 1. The lowest BCUT2D eigenvalue weighted by Gasteiger charge is -2.14. The number of ketones is 1. The van der Waals surface area contributed by atoms with E-state index in [1.54, 1.807) is 48.5 Å². The summed E-state index contributed by atoms with van der Waals surface area (Å²) in [6, 6.07) is 13.1. The highest BCUT2D eigenvalue weighted by molar-refractivity contribution is 5.98. The van der Waals surface area contributed by atoms with Gasteiger partial charge in [-0.2, -0.15) is 0 Å². The van der Waals surface area contributed by atoms with Crippen molar-refractivity contribution in [3.8, 4) is 5.75 Å². The van der Waals surface area contributed by atoms with Crippen LogP contribution in [-0.4, -0.2) is 43.1 Å². The summed E-state index contributed by atoms with van der Waals surface area (Å²) in [7, 11) is 0. The molecule has 0 aromatic heterocycles. The summed E-state index contributed by atoms with van der Waals surface area (Å²) < 4.78 is 16.4. The number of nitrogens with one attached hydrogen (secondary N) is 1. The van der Waals surface area contributed by atoms with E-state index in [4.69, 9.17) is 14.2 Å². The van der Waals surface area contributed by atoms with Gasteiger partial charge in [0.15, 0.2) is 11.9 Å². The van der Waals surface area contributed by atoms with Crippen molar-refractivity contribution in [3.63, 3.8) is 0 Å². The Morgan fingerprint density at radius 2 is 1.73 bits per heavy atom. The Kier molecular flexibility index (Phi) is 7.19. The van der Waals surface area contributed by atoms with E-state index in [1.807, 2.05) is 0 Å². The number of benzene rings is 2. The first-order valence-corrected chi connectivity index (χ1v) is 9.89. The first-order chi connectivity index (χ1) is 14.4. The zero-order chi connectivity index (χ0) is 21.5. The zero-order valence-corrected chi connectivity index (χ0v) is 17.1. The van der Waals surface area contributed by atoms with E-state index in [-0.39, 0.29) is 11.9 Å². The van der Waals surface area contributed by atoms with Gasteiger partial charge in [-0.1, -0.05) is 0 Å². The number of carbonyl (C=O) groups is 3. The van der Waals surface area contributed by atoms with Crippen LogP contribution in [0.25, 0.3) is 0 Å². The Balaban J connectivity index is 1.48. The Bertz CT molecular complexity index is 885. The second-order valence-corrected chi connectivity index (χ2v) is 7.14. The maximum atomic E-state index is 12.3. The van der Waals surface area contributed by atoms with Crippen LogP contribution in [-0.2, 0) is 14.3 Å². The van der Waals surface area contributed by atoms with Crippen LogP contribution in [0.1, 0.15) is 47.4 Å². The Hall–Kier alpha value is -3.19. The van der Waals surface area contributed by atoms with Crippen molar-refractivity contribution in [2.24, 2.45) is 0 Å². The molecule has 158 valence electrons. The van der Waals surface area contributed by atoms with Crippen LogP contribution < -0.4 is 10.1 Å². The summed E-state index contributed by atoms with van der Waals surface area (Å²) in [5, 5.41) is 2.66. The fourth-order valence-corrected chi connectivity index (χ4v) is 2.97. The predicted octanol–water partition coefficient (Wildman–Crippen LogP) is 3.63. The summed E-state index contributed by atoms with van der Waals surface area (Å²) in [5.74, 6) is -0.481. The number of anilines is 1. The van der Waals surface area contributed by atoms with Crippen molar-refractivity contribution < 1.29 is 28.6 Å². The molecule has 7 nitrogen and oxygen atoms in total. The van der Waals surface area contributed by atoms with E-state index in [2.05, 4.69) is 5.32 Å². The van der Waals surface area contributed by atoms with Crippen LogP contribution in [0.2, 0.25) is 0 Å². The Morgan fingerprint density at radius 1 is 1.07 bits per heavy atom. The van der Waals surface area contributed by atoms with Gasteiger partial charge in [0.1, 0.15) is 12.4 Å². The minimum absolute atomic E-state index is 0.0570. The second-order valence-electron chi connectivity index (χ2n) is 7.14. The third-order valence-corrected chi connectivity index (χ3v) is 4.76. The topological polar surface area (TPSA) is 90.9 Å². The molecule has 2 aromatic rings. The van der Waals surface area contributed by atoms with Crippen LogP contribution in [0.5, 0.6) is 5.75 Å². The van der Waals surface area contributed by atoms with Crippen molar-refractivity contribution in [1.29, 1.82) is 0 Å². The first kappa shape index (κ1) is 21.5. The molecule has 1 heterocycles. The van der Waals surface area contributed by atoms with Gasteiger partial charge in [0.25, 0.3) is 5.91 Å². The van der Waals surface area contributed by atoms with Gasteiger partial charge in [0, 0.05) is 17.9 Å². The van der Waals surface area contributed by atoms with Gasteiger partial charge in [-0.3, -0.25) is 9.59 Å². The molecular formula is C23H25NO6. The maximum Gasteiger partial charge on any atom is 0.338 e. The van der Waals surface area contributed by atoms with E-state index in [9.17, 15) is 14.4 Å². The molecule has 7 heteroatoms. The number of carbonyl (C=O) groups excluding carboxylic acids is 3. The quantitative estimate of drug-likeness (QED) is 0.527. The average Bonchev–Trinajstić information content (AvgIpc) is 3.26. The molecule has 2 aromatic carbocycles. The van der Waals surface area contributed by atoms with Crippen molar-refractivity contribution >= 4 is 23.3 Å². The van der Waals surface area contributed by atoms with Crippen molar-refractivity contribution in [2.75, 3.05) is 18.5 Å². The highest BCUT2D eigenvalue weighted by Gasteiger charge is 2.20. The molecule has 1 fully saturated rings. The number of esters is 1. The molecular weight excluding hydrogens is 386 g/mol. The van der Waals surface area contributed by atoms with Crippen molar-refractivity contribution in [2.45, 2.75) is 38.9 Å². The van der Waals surface area contributed by atoms with Gasteiger partial charge in [0.05, 0.1) is 11.7 Å². The van der Waals surface area contributed by atoms with E-state index >= 15 is 0 Å². The lowest BCUT2D eigenvalue weighted by molar-refractivity contribution is -0.123. The van der Waals surface area contributed by atoms with Gasteiger partial charge in [-0.15, -0.1) is 0 Å². The number of amides is 1. The normalized spacial score (nSPS) is 16.5. The molecule has 1 amide bonds. The molecule has 1 aliphatic heterocycles. The lowest BCUT2D eigenvalue weighted by atomic mass is 10.1. The first-order valence-electron chi connectivity index (χ1n) is 9.89. The molecule has 3 rings (SSSR count).